The van der Waals surface area contributed by atoms with Gasteiger partial charge in [0.05, 0.1) is 24.4 Å². The molecule has 1 saturated carbocycles. The zero-order valence-electron chi connectivity index (χ0n) is 19.8. The molecule has 2 aromatic rings. The Balaban J connectivity index is 1.64. The average molecular weight is 453 g/mol. The van der Waals surface area contributed by atoms with Crippen LogP contribution in [0.4, 0.5) is 4.79 Å². The summed E-state index contributed by atoms with van der Waals surface area (Å²) in [5.74, 6) is 1.02. The molecule has 0 bridgehead atoms. The van der Waals surface area contributed by atoms with Gasteiger partial charge in [0.25, 0.3) is 0 Å². The van der Waals surface area contributed by atoms with Crippen LogP contribution in [0.15, 0.2) is 18.2 Å². The number of methoxy groups -OCH3 is 1. The molecule has 7 nitrogen and oxygen atoms in total. The third-order valence-corrected chi connectivity index (χ3v) is 7.55. The van der Waals surface area contributed by atoms with Crippen molar-refractivity contribution in [1.29, 1.82) is 0 Å². The highest BCUT2D eigenvalue weighted by atomic mass is 16.6. The second kappa shape index (κ2) is 7.97. The Bertz CT molecular complexity index is 1130. The number of carbonyl (C=O) groups is 3. The lowest BCUT2D eigenvalue weighted by Gasteiger charge is -2.49. The van der Waals surface area contributed by atoms with Gasteiger partial charge in [-0.3, -0.25) is 9.69 Å². The number of ether oxygens (including phenoxy) is 2. The molecule has 1 aliphatic carbocycles. The summed E-state index contributed by atoms with van der Waals surface area (Å²) in [6.07, 6.45) is 3.07. The number of piperidine rings is 1. The van der Waals surface area contributed by atoms with Crippen LogP contribution >= 0.6 is 0 Å². The fraction of sp³-hybridized carbons (Fsp3) is 0.577. The Labute approximate surface area is 194 Å². The number of nitrogens with zero attached hydrogens (tertiary/aromatic N) is 2. The highest BCUT2D eigenvalue weighted by molar-refractivity contribution is 5.95. The SMILES string of the molecule is COc1ccc2c3c(n(C(=O)OC(C)(C)C)c2c1)[C@H]1C[C@@H]2[C@@H](CC(=O)C[C@@H]2C=O)CN1CC3. The molecule has 0 radical (unpaired) electrons. The molecule has 5 rings (SSSR count). The summed E-state index contributed by atoms with van der Waals surface area (Å²) < 4.78 is 13.0. The van der Waals surface area contributed by atoms with Gasteiger partial charge in [-0.25, -0.2) is 9.36 Å². The molecule has 4 atom stereocenters. The van der Waals surface area contributed by atoms with E-state index >= 15 is 0 Å². The van der Waals surface area contributed by atoms with E-state index in [1.54, 1.807) is 11.7 Å². The molecular formula is C26H32N2O5. The summed E-state index contributed by atoms with van der Waals surface area (Å²) in [7, 11) is 1.62. The van der Waals surface area contributed by atoms with Crippen molar-refractivity contribution in [3.05, 3.63) is 29.5 Å². The fourth-order valence-corrected chi connectivity index (χ4v) is 6.23. The maximum Gasteiger partial charge on any atom is 0.419 e. The Morgan fingerprint density at radius 3 is 2.70 bits per heavy atom. The first-order valence-electron chi connectivity index (χ1n) is 11.9. The first-order chi connectivity index (χ1) is 15.7. The minimum absolute atomic E-state index is 0.0107. The van der Waals surface area contributed by atoms with Crippen LogP contribution in [0.1, 0.15) is 57.3 Å². The highest BCUT2D eigenvalue weighted by Crippen LogP contribution is 2.49. The molecule has 1 aromatic carbocycles. The van der Waals surface area contributed by atoms with E-state index in [0.717, 1.165) is 48.8 Å². The number of hydrogen-bond acceptors (Lipinski definition) is 6. The van der Waals surface area contributed by atoms with Crippen LogP contribution in [0.5, 0.6) is 5.75 Å². The second-order valence-electron chi connectivity index (χ2n) is 10.7. The van der Waals surface area contributed by atoms with E-state index in [4.69, 9.17) is 9.47 Å². The standard InChI is InChI=1S/C26H32N2O5/c1-26(2,3)33-25(31)28-22-11-18(32-4)5-6-19(22)20-7-8-27-13-15-9-17(30)10-16(14-29)21(15)12-23(27)24(20)28/h5-6,11,14-16,21,23H,7-10,12-13H2,1-4H3/t15-,16+,21+,23+/m0/s1. The van der Waals surface area contributed by atoms with E-state index in [2.05, 4.69) is 4.90 Å². The van der Waals surface area contributed by atoms with Crippen molar-refractivity contribution in [1.82, 2.24) is 9.47 Å². The van der Waals surface area contributed by atoms with Crippen molar-refractivity contribution in [3.8, 4) is 5.75 Å². The van der Waals surface area contributed by atoms with E-state index in [1.807, 2.05) is 39.0 Å². The Morgan fingerprint density at radius 2 is 2.00 bits per heavy atom. The lowest BCUT2D eigenvalue weighted by atomic mass is 9.66. The van der Waals surface area contributed by atoms with Gasteiger partial charge in [-0.15, -0.1) is 0 Å². The van der Waals surface area contributed by atoms with E-state index in [1.165, 1.54) is 5.56 Å². The fourth-order valence-electron chi connectivity index (χ4n) is 6.23. The zero-order valence-corrected chi connectivity index (χ0v) is 19.8. The van der Waals surface area contributed by atoms with Gasteiger partial charge in [-0.1, -0.05) is 0 Å². The van der Waals surface area contributed by atoms with Crippen LogP contribution in [-0.2, 0) is 20.7 Å². The lowest BCUT2D eigenvalue weighted by molar-refractivity contribution is -0.132. The summed E-state index contributed by atoms with van der Waals surface area (Å²) in [6, 6.07) is 5.88. The highest BCUT2D eigenvalue weighted by Gasteiger charge is 2.47. The van der Waals surface area contributed by atoms with Crippen molar-refractivity contribution >= 4 is 29.1 Å². The van der Waals surface area contributed by atoms with E-state index in [9.17, 15) is 14.4 Å². The topological polar surface area (TPSA) is 77.8 Å². The zero-order chi connectivity index (χ0) is 23.5. The third kappa shape index (κ3) is 3.76. The van der Waals surface area contributed by atoms with Crippen LogP contribution in [0.25, 0.3) is 10.9 Å². The predicted molar refractivity (Wildman–Crippen MR) is 124 cm³/mol. The summed E-state index contributed by atoms with van der Waals surface area (Å²) in [5.41, 5.74) is 2.31. The van der Waals surface area contributed by atoms with Crippen LogP contribution in [0.3, 0.4) is 0 Å². The average Bonchev–Trinajstić information content (AvgIpc) is 3.10. The van der Waals surface area contributed by atoms with Crippen LogP contribution in [-0.4, -0.2) is 53.4 Å². The molecule has 0 unspecified atom stereocenters. The number of aromatic nitrogens is 1. The summed E-state index contributed by atoms with van der Waals surface area (Å²) in [5, 5.41) is 1.05. The smallest absolute Gasteiger partial charge is 0.419 e. The molecular weight excluding hydrogens is 420 g/mol. The van der Waals surface area contributed by atoms with Crippen molar-refractivity contribution in [2.24, 2.45) is 17.8 Å². The number of fused-ring (bicyclic) bond motifs is 6. The van der Waals surface area contributed by atoms with Gasteiger partial charge >= 0.3 is 6.09 Å². The van der Waals surface area contributed by atoms with Gasteiger partial charge in [0.15, 0.2) is 0 Å². The number of rotatable bonds is 2. The van der Waals surface area contributed by atoms with Gasteiger partial charge in [0, 0.05) is 43.3 Å². The predicted octanol–water partition coefficient (Wildman–Crippen LogP) is 4.15. The van der Waals surface area contributed by atoms with E-state index in [-0.39, 0.29) is 29.6 Å². The Kier molecular flexibility index (Phi) is 5.35. The quantitative estimate of drug-likeness (QED) is 0.637. The first kappa shape index (κ1) is 22.1. The maximum absolute atomic E-state index is 13.5. The molecule has 7 heteroatoms. The van der Waals surface area contributed by atoms with Crippen molar-refractivity contribution in [2.45, 2.75) is 58.1 Å². The van der Waals surface area contributed by atoms with Crippen molar-refractivity contribution in [2.75, 3.05) is 20.2 Å². The summed E-state index contributed by atoms with van der Waals surface area (Å²) in [6.45, 7) is 7.27. The van der Waals surface area contributed by atoms with Crippen molar-refractivity contribution < 1.29 is 23.9 Å². The largest absolute Gasteiger partial charge is 0.497 e. The minimum atomic E-state index is -0.627. The molecule has 0 spiro atoms. The number of aldehydes is 1. The normalized spacial score (nSPS) is 27.5. The summed E-state index contributed by atoms with van der Waals surface area (Å²) >= 11 is 0. The number of benzene rings is 1. The van der Waals surface area contributed by atoms with Crippen LogP contribution < -0.4 is 4.74 Å². The van der Waals surface area contributed by atoms with Gasteiger partial charge in [-0.05, 0) is 63.1 Å². The molecule has 0 N–H and O–H groups in total. The van der Waals surface area contributed by atoms with Gasteiger partial charge in [0.1, 0.15) is 23.4 Å². The molecule has 33 heavy (non-hydrogen) atoms. The van der Waals surface area contributed by atoms with Gasteiger partial charge in [-0.2, -0.15) is 0 Å². The molecule has 3 heterocycles. The molecule has 0 amide bonds. The first-order valence-corrected chi connectivity index (χ1v) is 11.9. The summed E-state index contributed by atoms with van der Waals surface area (Å²) in [4.78, 5) is 40.0. The second-order valence-corrected chi connectivity index (χ2v) is 10.7. The number of Topliss-reactive ketones (excluding diaryl/α,β-unsaturated/α-hetero) is 1. The Morgan fingerprint density at radius 1 is 1.21 bits per heavy atom. The maximum atomic E-state index is 13.5. The van der Waals surface area contributed by atoms with E-state index < -0.39 is 11.7 Å². The van der Waals surface area contributed by atoms with Gasteiger partial charge < -0.3 is 14.3 Å². The molecule has 1 aromatic heterocycles. The van der Waals surface area contributed by atoms with Crippen LogP contribution in [0, 0.1) is 17.8 Å². The number of hydrogen-bond donors (Lipinski definition) is 0. The minimum Gasteiger partial charge on any atom is -0.497 e. The molecule has 2 fully saturated rings. The Hall–Kier alpha value is -2.67. The molecule has 176 valence electrons. The van der Waals surface area contributed by atoms with Crippen LogP contribution in [0.2, 0.25) is 0 Å². The van der Waals surface area contributed by atoms with E-state index in [0.29, 0.717) is 18.6 Å². The van der Waals surface area contributed by atoms with Gasteiger partial charge in [0.2, 0.25) is 0 Å². The molecule has 3 aliphatic rings. The number of ketones is 1. The third-order valence-electron chi connectivity index (χ3n) is 7.55. The molecule has 2 aliphatic heterocycles. The molecule has 1 saturated heterocycles. The number of carbonyl (C=O) groups excluding carboxylic acids is 3. The lowest BCUT2D eigenvalue weighted by Crippen LogP contribution is -2.51. The van der Waals surface area contributed by atoms with Crippen molar-refractivity contribution in [3.63, 3.8) is 0 Å². The monoisotopic (exact) mass is 452 g/mol.